The molecular weight excluding hydrogens is 238 g/mol. The number of ether oxygens (including phenoxy) is 1. The van der Waals surface area contributed by atoms with Gasteiger partial charge in [-0.2, -0.15) is 0 Å². The molecule has 0 unspecified atom stereocenters. The molecule has 1 aromatic carbocycles. The number of aromatic nitrogens is 2. The Bertz CT molecular complexity index is 589. The van der Waals surface area contributed by atoms with Gasteiger partial charge in [0.25, 0.3) is 5.69 Å². The van der Waals surface area contributed by atoms with Gasteiger partial charge in [0, 0.05) is 17.8 Å². The van der Waals surface area contributed by atoms with E-state index in [1.165, 1.54) is 48.5 Å². The molecule has 7 nitrogen and oxygen atoms in total. The summed E-state index contributed by atoms with van der Waals surface area (Å²) in [6.45, 7) is 0. The van der Waals surface area contributed by atoms with Crippen LogP contribution in [-0.2, 0) is 4.74 Å². The Morgan fingerprint density at radius 2 is 2.06 bits per heavy atom. The number of imidazole rings is 1. The SMILES string of the molecule is COC(=O)c1cncn1-c1ccc([N+](=O)[O-])cc1. The second-order valence-electron chi connectivity index (χ2n) is 3.41. The molecule has 0 saturated heterocycles. The van der Waals surface area contributed by atoms with Gasteiger partial charge < -0.3 is 4.74 Å². The van der Waals surface area contributed by atoms with Crippen molar-refractivity contribution in [1.29, 1.82) is 0 Å². The van der Waals surface area contributed by atoms with Crippen molar-refractivity contribution in [3.63, 3.8) is 0 Å². The first-order valence-electron chi connectivity index (χ1n) is 4.99. The van der Waals surface area contributed by atoms with Crippen LogP contribution in [0.4, 0.5) is 5.69 Å². The summed E-state index contributed by atoms with van der Waals surface area (Å²) >= 11 is 0. The van der Waals surface area contributed by atoms with Gasteiger partial charge in [-0.1, -0.05) is 0 Å². The standard InChI is InChI=1S/C11H9N3O4/c1-18-11(15)10-6-12-7-13(10)8-2-4-9(5-3-8)14(16)17/h2-7H,1H3. The molecule has 1 heterocycles. The average Bonchev–Trinajstić information content (AvgIpc) is 2.87. The third kappa shape index (κ3) is 2.05. The lowest BCUT2D eigenvalue weighted by Gasteiger charge is -2.05. The van der Waals surface area contributed by atoms with Gasteiger partial charge in [-0.15, -0.1) is 0 Å². The Labute approximate surface area is 102 Å². The number of nitro groups is 1. The van der Waals surface area contributed by atoms with E-state index in [0.29, 0.717) is 5.69 Å². The van der Waals surface area contributed by atoms with Crippen molar-refractivity contribution in [3.8, 4) is 5.69 Å². The van der Waals surface area contributed by atoms with Crippen molar-refractivity contribution in [2.45, 2.75) is 0 Å². The van der Waals surface area contributed by atoms with Crippen LogP contribution in [0.15, 0.2) is 36.8 Å². The zero-order valence-corrected chi connectivity index (χ0v) is 9.44. The fourth-order valence-electron chi connectivity index (χ4n) is 1.49. The third-order valence-electron chi connectivity index (χ3n) is 2.37. The summed E-state index contributed by atoms with van der Waals surface area (Å²) in [4.78, 5) is 25.4. The number of hydrogen-bond acceptors (Lipinski definition) is 5. The lowest BCUT2D eigenvalue weighted by Crippen LogP contribution is -2.08. The number of carbonyl (C=O) groups is 1. The maximum atomic E-state index is 11.5. The third-order valence-corrected chi connectivity index (χ3v) is 2.37. The average molecular weight is 247 g/mol. The molecule has 0 saturated carbocycles. The number of benzene rings is 1. The maximum Gasteiger partial charge on any atom is 0.356 e. The van der Waals surface area contributed by atoms with Crippen LogP contribution in [0.2, 0.25) is 0 Å². The van der Waals surface area contributed by atoms with E-state index < -0.39 is 10.9 Å². The molecule has 0 N–H and O–H groups in total. The predicted molar refractivity (Wildman–Crippen MR) is 61.6 cm³/mol. The first-order chi connectivity index (χ1) is 8.63. The van der Waals surface area contributed by atoms with Crippen molar-refractivity contribution >= 4 is 11.7 Å². The summed E-state index contributed by atoms with van der Waals surface area (Å²) in [5.41, 5.74) is 0.836. The monoisotopic (exact) mass is 247 g/mol. The maximum absolute atomic E-state index is 11.5. The number of esters is 1. The van der Waals surface area contributed by atoms with Crippen LogP contribution >= 0.6 is 0 Å². The number of rotatable bonds is 3. The lowest BCUT2D eigenvalue weighted by atomic mass is 10.3. The van der Waals surface area contributed by atoms with E-state index in [1.807, 2.05) is 0 Å². The number of methoxy groups -OCH3 is 1. The summed E-state index contributed by atoms with van der Waals surface area (Å²) in [7, 11) is 1.27. The van der Waals surface area contributed by atoms with Crippen molar-refractivity contribution in [3.05, 3.63) is 52.6 Å². The number of carbonyl (C=O) groups excluding carboxylic acids is 1. The highest BCUT2D eigenvalue weighted by molar-refractivity contribution is 5.87. The molecule has 0 radical (unpaired) electrons. The topological polar surface area (TPSA) is 87.3 Å². The van der Waals surface area contributed by atoms with E-state index in [0.717, 1.165) is 0 Å². The van der Waals surface area contributed by atoms with E-state index in [9.17, 15) is 14.9 Å². The highest BCUT2D eigenvalue weighted by Gasteiger charge is 2.13. The molecular formula is C11H9N3O4. The van der Waals surface area contributed by atoms with E-state index >= 15 is 0 Å². The van der Waals surface area contributed by atoms with Crippen LogP contribution in [-0.4, -0.2) is 27.6 Å². The smallest absolute Gasteiger partial charge is 0.356 e. The van der Waals surface area contributed by atoms with E-state index in [2.05, 4.69) is 9.72 Å². The molecule has 0 aliphatic rings. The van der Waals surface area contributed by atoms with Gasteiger partial charge in [-0.25, -0.2) is 9.78 Å². The minimum absolute atomic E-state index is 0.0153. The van der Waals surface area contributed by atoms with Gasteiger partial charge in [0.2, 0.25) is 0 Å². The number of nitrogens with zero attached hydrogens (tertiary/aromatic N) is 3. The zero-order chi connectivity index (χ0) is 13.1. The summed E-state index contributed by atoms with van der Waals surface area (Å²) in [6, 6.07) is 5.78. The molecule has 18 heavy (non-hydrogen) atoms. The summed E-state index contributed by atoms with van der Waals surface area (Å²) < 4.78 is 6.11. The van der Waals surface area contributed by atoms with Crippen LogP contribution in [0.25, 0.3) is 5.69 Å². The van der Waals surface area contributed by atoms with Gasteiger partial charge in [0.1, 0.15) is 0 Å². The Balaban J connectivity index is 2.40. The van der Waals surface area contributed by atoms with Crippen molar-refractivity contribution in [2.75, 3.05) is 7.11 Å². The molecule has 2 aromatic rings. The van der Waals surface area contributed by atoms with Crippen LogP contribution in [0.1, 0.15) is 10.5 Å². The largest absolute Gasteiger partial charge is 0.464 e. The molecule has 0 aliphatic heterocycles. The van der Waals surface area contributed by atoms with E-state index in [-0.39, 0.29) is 11.4 Å². The quantitative estimate of drug-likeness (QED) is 0.466. The van der Waals surface area contributed by atoms with Gasteiger partial charge in [-0.05, 0) is 12.1 Å². The number of nitro benzene ring substituents is 1. The minimum Gasteiger partial charge on any atom is -0.464 e. The van der Waals surface area contributed by atoms with Gasteiger partial charge in [0.15, 0.2) is 5.69 Å². The Morgan fingerprint density at radius 1 is 1.39 bits per heavy atom. The summed E-state index contributed by atoms with van der Waals surface area (Å²) in [5, 5.41) is 10.5. The second kappa shape index (κ2) is 4.66. The van der Waals surface area contributed by atoms with Crippen molar-refractivity contribution in [1.82, 2.24) is 9.55 Å². The van der Waals surface area contributed by atoms with Crippen LogP contribution in [0.3, 0.4) is 0 Å². The number of non-ortho nitro benzene ring substituents is 1. The van der Waals surface area contributed by atoms with Gasteiger partial charge in [0.05, 0.1) is 24.6 Å². The van der Waals surface area contributed by atoms with E-state index in [1.54, 1.807) is 0 Å². The van der Waals surface area contributed by atoms with Crippen LogP contribution in [0.5, 0.6) is 0 Å². The first-order valence-corrected chi connectivity index (χ1v) is 4.99. The van der Waals surface area contributed by atoms with Crippen LogP contribution in [0, 0.1) is 10.1 Å². The fraction of sp³-hybridized carbons (Fsp3) is 0.0909. The molecule has 0 aliphatic carbocycles. The minimum atomic E-state index is -0.522. The predicted octanol–water partition coefficient (Wildman–Crippen LogP) is 1.57. The number of hydrogen-bond donors (Lipinski definition) is 0. The Morgan fingerprint density at radius 3 is 2.61 bits per heavy atom. The second-order valence-corrected chi connectivity index (χ2v) is 3.41. The first kappa shape index (κ1) is 11.8. The van der Waals surface area contributed by atoms with E-state index in [4.69, 9.17) is 0 Å². The van der Waals surface area contributed by atoms with Crippen molar-refractivity contribution < 1.29 is 14.5 Å². The Hall–Kier alpha value is -2.70. The zero-order valence-electron chi connectivity index (χ0n) is 9.44. The van der Waals surface area contributed by atoms with Crippen molar-refractivity contribution in [2.24, 2.45) is 0 Å². The molecule has 92 valence electrons. The highest BCUT2D eigenvalue weighted by atomic mass is 16.6. The van der Waals surface area contributed by atoms with Crippen LogP contribution < -0.4 is 0 Å². The summed E-state index contributed by atoms with van der Waals surface area (Å²) in [6.07, 6.45) is 2.81. The molecule has 7 heteroatoms. The van der Waals surface area contributed by atoms with Gasteiger partial charge >= 0.3 is 5.97 Å². The Kier molecular flexibility index (Phi) is 3.05. The fourth-order valence-corrected chi connectivity index (χ4v) is 1.49. The normalized spacial score (nSPS) is 10.1. The molecule has 0 atom stereocenters. The lowest BCUT2D eigenvalue weighted by molar-refractivity contribution is -0.384. The summed E-state index contributed by atoms with van der Waals surface area (Å²) in [5.74, 6) is -0.522. The molecule has 2 rings (SSSR count). The van der Waals surface area contributed by atoms with Gasteiger partial charge in [-0.3, -0.25) is 14.7 Å². The molecule has 0 amide bonds. The molecule has 1 aromatic heterocycles. The molecule has 0 spiro atoms. The molecule has 0 bridgehead atoms. The molecule has 0 fully saturated rings. The highest BCUT2D eigenvalue weighted by Crippen LogP contribution is 2.17.